The van der Waals surface area contributed by atoms with Crippen LogP contribution in [0.25, 0.3) is 0 Å². The van der Waals surface area contributed by atoms with E-state index >= 15 is 0 Å². The fraction of sp³-hybridized carbons (Fsp3) is 0.357. The van der Waals surface area contributed by atoms with E-state index in [1.54, 1.807) is 27.9 Å². The van der Waals surface area contributed by atoms with Crippen LogP contribution in [0.5, 0.6) is 17.2 Å². The minimum atomic E-state index is -0.961. The van der Waals surface area contributed by atoms with Crippen LogP contribution >= 0.6 is 0 Å². The van der Waals surface area contributed by atoms with Gasteiger partial charge in [-0.15, -0.1) is 0 Å². The van der Waals surface area contributed by atoms with Gasteiger partial charge in [0.1, 0.15) is 5.75 Å². The van der Waals surface area contributed by atoms with Crippen molar-refractivity contribution in [2.75, 3.05) is 14.2 Å². The van der Waals surface area contributed by atoms with Crippen molar-refractivity contribution in [1.82, 2.24) is 5.32 Å². The second-order valence-corrected chi connectivity index (χ2v) is 9.56. The number of nitrogens with zero attached hydrogens (tertiary/aromatic N) is 1. The number of esters is 1. The number of allylic oxidation sites excluding steroid dienone is 3. The number of rotatable bonds is 7. The first kappa shape index (κ1) is 26.7. The largest absolute Gasteiger partial charge is 0.500 e. The van der Waals surface area contributed by atoms with Crippen LogP contribution in [0.1, 0.15) is 56.6 Å². The summed E-state index contributed by atoms with van der Waals surface area (Å²) in [5, 5.41) is 25.3. The smallest absolute Gasteiger partial charge is 0.337 e. The van der Waals surface area contributed by atoms with Crippen molar-refractivity contribution < 1.29 is 33.8 Å². The number of ether oxygens (including phenoxy) is 3. The molecule has 2 aromatic rings. The lowest BCUT2D eigenvalue weighted by Crippen LogP contribution is -2.36. The van der Waals surface area contributed by atoms with Crippen molar-refractivity contribution >= 4 is 17.4 Å². The van der Waals surface area contributed by atoms with Crippen LogP contribution in [0.3, 0.4) is 0 Å². The molecule has 200 valence electrons. The lowest BCUT2D eigenvalue weighted by atomic mass is 9.71. The lowest BCUT2D eigenvalue weighted by molar-refractivity contribution is -0.386. The van der Waals surface area contributed by atoms with E-state index in [0.717, 1.165) is 5.56 Å². The molecule has 1 aliphatic carbocycles. The summed E-state index contributed by atoms with van der Waals surface area (Å²) in [5.41, 5.74) is 2.16. The fourth-order valence-corrected chi connectivity index (χ4v) is 5.22. The number of carbonyl (C=O) groups is 2. The Hall–Kier alpha value is -4.34. The first-order valence-electron chi connectivity index (χ1n) is 12.2. The molecule has 1 heterocycles. The molecule has 2 aromatic carbocycles. The van der Waals surface area contributed by atoms with Crippen molar-refractivity contribution in [2.45, 2.75) is 51.6 Å². The van der Waals surface area contributed by atoms with Gasteiger partial charge in [0.15, 0.2) is 11.5 Å². The van der Waals surface area contributed by atoms with E-state index in [9.17, 15) is 24.8 Å². The number of phenolic OH excluding ortho intramolecular Hbond substituents is 1. The van der Waals surface area contributed by atoms with Gasteiger partial charge in [0.05, 0.1) is 30.8 Å². The van der Waals surface area contributed by atoms with Gasteiger partial charge in [0.25, 0.3) is 0 Å². The molecular weight excluding hydrogens is 492 g/mol. The number of dihydropyridines is 1. The molecule has 10 heteroatoms. The van der Waals surface area contributed by atoms with Gasteiger partial charge in [0.2, 0.25) is 5.75 Å². The molecule has 0 radical (unpaired) electrons. The number of phenols is 1. The molecule has 10 nitrogen and oxygen atoms in total. The van der Waals surface area contributed by atoms with Crippen LogP contribution in [0.15, 0.2) is 58.9 Å². The highest BCUT2D eigenvalue weighted by atomic mass is 16.6. The van der Waals surface area contributed by atoms with E-state index in [1.165, 1.54) is 19.2 Å². The number of ketones is 1. The van der Waals surface area contributed by atoms with Crippen molar-refractivity contribution in [3.63, 3.8) is 0 Å². The maximum atomic E-state index is 13.8. The van der Waals surface area contributed by atoms with Crippen molar-refractivity contribution in [1.29, 1.82) is 0 Å². The molecule has 0 unspecified atom stereocenters. The standard InChI is InChI=1S/C28H30N2O8/c1-14(2)38-28(33)24-15(3)29-19-10-16(18-8-6-7-9-22(18)36-4)12-21(31)26(19)25(24)17-11-20(30(34)35)27(32)23(13-17)37-5/h6-9,11,13-14,16,25,29,32H,10,12H2,1-5H3/t16-,25+/m1/s1. The zero-order valence-corrected chi connectivity index (χ0v) is 21.9. The number of Topliss-reactive ketones (excluding diaryl/α,β-unsaturated/α-hetero) is 1. The highest BCUT2D eigenvalue weighted by molar-refractivity contribution is 6.04. The predicted octanol–water partition coefficient (Wildman–Crippen LogP) is 4.63. The molecule has 1 aliphatic heterocycles. The van der Waals surface area contributed by atoms with Crippen LogP contribution < -0.4 is 14.8 Å². The summed E-state index contributed by atoms with van der Waals surface area (Å²) < 4.78 is 16.2. The second-order valence-electron chi connectivity index (χ2n) is 9.56. The van der Waals surface area contributed by atoms with Gasteiger partial charge in [-0.3, -0.25) is 14.9 Å². The SMILES string of the molecule is COc1ccccc1[C@H]1CC(=O)C2=C(C1)NC(C)=C(C(=O)OC(C)C)[C@@H]2c1cc(OC)c(O)c([N+](=O)[O-])c1. The van der Waals surface area contributed by atoms with Gasteiger partial charge >= 0.3 is 11.7 Å². The highest BCUT2D eigenvalue weighted by Gasteiger charge is 2.43. The zero-order chi connectivity index (χ0) is 27.7. The molecule has 0 fully saturated rings. The fourth-order valence-electron chi connectivity index (χ4n) is 5.22. The van der Waals surface area contributed by atoms with E-state index in [-0.39, 0.29) is 35.0 Å². The summed E-state index contributed by atoms with van der Waals surface area (Å²) in [5.74, 6) is -2.09. The molecule has 2 aliphatic rings. The third-order valence-electron chi connectivity index (χ3n) is 6.80. The minimum absolute atomic E-state index is 0.140. The number of methoxy groups -OCH3 is 2. The second kappa shape index (κ2) is 10.6. The van der Waals surface area contributed by atoms with E-state index in [2.05, 4.69) is 5.32 Å². The van der Waals surface area contributed by atoms with Crippen LogP contribution in [0.2, 0.25) is 0 Å². The predicted molar refractivity (Wildman–Crippen MR) is 138 cm³/mol. The monoisotopic (exact) mass is 522 g/mol. The van der Waals surface area contributed by atoms with Crippen molar-refractivity contribution in [2.24, 2.45) is 0 Å². The average Bonchev–Trinajstić information content (AvgIpc) is 2.87. The quantitative estimate of drug-likeness (QED) is 0.303. The third-order valence-corrected chi connectivity index (χ3v) is 6.80. The Balaban J connectivity index is 1.90. The molecule has 0 amide bonds. The molecule has 38 heavy (non-hydrogen) atoms. The Morgan fingerprint density at radius 2 is 1.82 bits per heavy atom. The van der Waals surface area contributed by atoms with Crippen LogP contribution in [0.4, 0.5) is 5.69 Å². The van der Waals surface area contributed by atoms with Crippen LogP contribution in [-0.4, -0.2) is 42.1 Å². The van der Waals surface area contributed by atoms with Gasteiger partial charge in [-0.2, -0.15) is 0 Å². The molecular formula is C28H30N2O8. The topological polar surface area (TPSA) is 137 Å². The van der Waals surface area contributed by atoms with E-state index in [1.807, 2.05) is 24.3 Å². The Bertz CT molecular complexity index is 1370. The summed E-state index contributed by atoms with van der Waals surface area (Å²) in [4.78, 5) is 38.1. The summed E-state index contributed by atoms with van der Waals surface area (Å²) >= 11 is 0. The number of nitro groups is 1. The Kier molecular flexibility index (Phi) is 7.43. The molecule has 0 spiro atoms. The first-order valence-corrected chi connectivity index (χ1v) is 12.2. The summed E-state index contributed by atoms with van der Waals surface area (Å²) in [7, 11) is 2.85. The van der Waals surface area contributed by atoms with Gasteiger partial charge in [0, 0.05) is 41.3 Å². The summed E-state index contributed by atoms with van der Waals surface area (Å²) in [6, 6.07) is 10.1. The van der Waals surface area contributed by atoms with Gasteiger partial charge in [-0.25, -0.2) is 4.79 Å². The van der Waals surface area contributed by atoms with E-state index in [4.69, 9.17) is 14.2 Å². The van der Waals surface area contributed by atoms with Gasteiger partial charge < -0.3 is 24.6 Å². The van der Waals surface area contributed by atoms with Gasteiger partial charge in [-0.1, -0.05) is 18.2 Å². The summed E-state index contributed by atoms with van der Waals surface area (Å²) in [6.45, 7) is 5.13. The van der Waals surface area contributed by atoms with Crippen molar-refractivity contribution in [3.8, 4) is 17.2 Å². The zero-order valence-electron chi connectivity index (χ0n) is 21.9. The average molecular weight is 523 g/mol. The number of para-hydroxylation sites is 1. The molecule has 2 N–H and O–H groups in total. The number of nitro benzene ring substituents is 1. The molecule has 0 aromatic heterocycles. The lowest BCUT2D eigenvalue weighted by Gasteiger charge is -2.37. The molecule has 4 rings (SSSR count). The summed E-state index contributed by atoms with van der Waals surface area (Å²) in [6.07, 6.45) is 0.179. The number of hydrogen-bond donors (Lipinski definition) is 2. The normalized spacial score (nSPS) is 19.2. The Labute approximate surface area is 220 Å². The first-order chi connectivity index (χ1) is 18.1. The molecule has 2 atom stereocenters. The molecule has 0 bridgehead atoms. The van der Waals surface area contributed by atoms with E-state index < -0.39 is 34.4 Å². The number of hydrogen-bond acceptors (Lipinski definition) is 9. The van der Waals surface area contributed by atoms with Crippen LogP contribution in [-0.2, 0) is 14.3 Å². The maximum absolute atomic E-state index is 13.8. The number of nitrogens with one attached hydrogen (secondary N) is 1. The Morgan fingerprint density at radius 1 is 1.13 bits per heavy atom. The third kappa shape index (κ3) is 4.81. The minimum Gasteiger partial charge on any atom is -0.500 e. The van der Waals surface area contributed by atoms with Crippen molar-refractivity contribution in [3.05, 3.63) is 80.2 Å². The number of benzene rings is 2. The number of aromatic hydroxyl groups is 1. The Morgan fingerprint density at radius 3 is 2.45 bits per heavy atom. The van der Waals surface area contributed by atoms with E-state index in [0.29, 0.717) is 29.1 Å². The molecule has 0 saturated heterocycles. The highest BCUT2D eigenvalue weighted by Crippen LogP contribution is 2.49. The van der Waals surface area contributed by atoms with Crippen LogP contribution in [0, 0.1) is 10.1 Å². The number of carbonyl (C=O) groups excluding carboxylic acids is 2. The van der Waals surface area contributed by atoms with Gasteiger partial charge in [-0.05, 0) is 50.5 Å². The maximum Gasteiger partial charge on any atom is 0.337 e. The molecule has 0 saturated carbocycles.